The third-order valence-corrected chi connectivity index (χ3v) is 3.64. The van der Waals surface area contributed by atoms with Crippen LogP contribution in [0.5, 0.6) is 5.75 Å². The number of aryl methyl sites for hydroxylation is 1. The molecule has 0 bridgehead atoms. The van der Waals surface area contributed by atoms with Crippen LogP contribution in [0.1, 0.15) is 30.0 Å². The molecule has 6 heteroatoms. The third-order valence-electron chi connectivity index (χ3n) is 3.64. The van der Waals surface area contributed by atoms with Crippen LogP contribution in [0, 0.1) is 6.92 Å². The van der Waals surface area contributed by atoms with Crippen molar-refractivity contribution in [2.24, 2.45) is 7.05 Å². The number of anilines is 1. The molecule has 6 nitrogen and oxygen atoms in total. The summed E-state index contributed by atoms with van der Waals surface area (Å²) >= 11 is 0. The average Bonchev–Trinajstić information content (AvgIpc) is 2.76. The molecule has 110 valence electrons. The number of benzene rings is 1. The lowest BCUT2D eigenvalue weighted by Gasteiger charge is -2.39. The largest absolute Gasteiger partial charge is 0.484 e. The van der Waals surface area contributed by atoms with Crippen molar-refractivity contribution in [1.29, 1.82) is 0 Å². The maximum absolute atomic E-state index is 12.8. The number of aromatic nitrogens is 3. The molecule has 1 aromatic heterocycles. The Kier molecular flexibility index (Phi) is 2.97. The number of carbonyl (C=O) groups is 1. The number of carbonyl (C=O) groups excluding carboxylic acids is 1. The molecule has 0 saturated heterocycles. The van der Waals surface area contributed by atoms with Crippen molar-refractivity contribution in [2.45, 2.75) is 26.4 Å². The van der Waals surface area contributed by atoms with E-state index in [1.807, 2.05) is 45.0 Å². The normalized spacial score (nSPS) is 16.3. The number of hydrogen-bond donors (Lipinski definition) is 0. The van der Waals surface area contributed by atoms with Gasteiger partial charge in [0.05, 0.1) is 17.9 Å². The standard InChI is InChI=1S/C15H18N4O2/c1-10-13(16-17-18(10)4)14(20)19-9-15(2,3)21-12-8-6-5-7-11(12)19/h5-8H,9H2,1-4H3. The molecule has 0 spiro atoms. The van der Waals surface area contributed by atoms with Gasteiger partial charge in [-0.3, -0.25) is 14.4 Å². The van der Waals surface area contributed by atoms with Crippen LogP contribution < -0.4 is 9.64 Å². The van der Waals surface area contributed by atoms with E-state index >= 15 is 0 Å². The topological polar surface area (TPSA) is 60.3 Å². The van der Waals surface area contributed by atoms with Crippen molar-refractivity contribution in [1.82, 2.24) is 15.0 Å². The van der Waals surface area contributed by atoms with Crippen molar-refractivity contribution in [2.75, 3.05) is 11.4 Å². The highest BCUT2D eigenvalue weighted by Gasteiger charge is 2.36. The maximum Gasteiger partial charge on any atom is 0.280 e. The predicted octanol–water partition coefficient (Wildman–Crippen LogP) is 1.94. The van der Waals surface area contributed by atoms with Gasteiger partial charge in [0.25, 0.3) is 5.91 Å². The Morgan fingerprint density at radius 1 is 1.33 bits per heavy atom. The van der Waals surface area contributed by atoms with E-state index in [9.17, 15) is 4.79 Å². The van der Waals surface area contributed by atoms with Gasteiger partial charge >= 0.3 is 0 Å². The Morgan fingerprint density at radius 3 is 2.71 bits per heavy atom. The van der Waals surface area contributed by atoms with E-state index in [-0.39, 0.29) is 5.91 Å². The fourth-order valence-electron chi connectivity index (χ4n) is 2.47. The summed E-state index contributed by atoms with van der Waals surface area (Å²) in [5.74, 6) is 0.563. The second kappa shape index (κ2) is 4.58. The molecule has 1 aliphatic heterocycles. The quantitative estimate of drug-likeness (QED) is 0.804. The van der Waals surface area contributed by atoms with Crippen LogP contribution >= 0.6 is 0 Å². The monoisotopic (exact) mass is 286 g/mol. The number of hydrogen-bond acceptors (Lipinski definition) is 4. The summed E-state index contributed by atoms with van der Waals surface area (Å²) in [5.41, 5.74) is 1.46. The van der Waals surface area contributed by atoms with E-state index in [0.717, 1.165) is 11.4 Å². The minimum atomic E-state index is -0.444. The van der Waals surface area contributed by atoms with E-state index in [2.05, 4.69) is 10.3 Å². The first kappa shape index (κ1) is 13.6. The van der Waals surface area contributed by atoms with Gasteiger partial charge in [0.2, 0.25) is 0 Å². The zero-order chi connectivity index (χ0) is 15.2. The molecule has 0 unspecified atom stereocenters. The van der Waals surface area contributed by atoms with Gasteiger partial charge in [-0.1, -0.05) is 17.3 Å². The molecule has 21 heavy (non-hydrogen) atoms. The van der Waals surface area contributed by atoms with Crippen LogP contribution in [-0.2, 0) is 7.05 Å². The lowest BCUT2D eigenvalue weighted by molar-refractivity contribution is 0.0832. The van der Waals surface area contributed by atoms with E-state index in [0.29, 0.717) is 18.0 Å². The van der Waals surface area contributed by atoms with Crippen molar-refractivity contribution in [3.63, 3.8) is 0 Å². The van der Waals surface area contributed by atoms with E-state index in [1.54, 1.807) is 16.6 Å². The lowest BCUT2D eigenvalue weighted by Crippen LogP contribution is -2.49. The van der Waals surface area contributed by atoms with E-state index in [1.165, 1.54) is 0 Å². The molecular weight excluding hydrogens is 268 g/mol. The average molecular weight is 286 g/mol. The first-order chi connectivity index (χ1) is 9.89. The Morgan fingerprint density at radius 2 is 2.05 bits per heavy atom. The number of para-hydroxylation sites is 2. The SMILES string of the molecule is Cc1c(C(=O)N2CC(C)(C)Oc3ccccc32)nnn1C. The maximum atomic E-state index is 12.8. The van der Waals surface area contributed by atoms with Crippen LogP contribution in [0.15, 0.2) is 24.3 Å². The van der Waals surface area contributed by atoms with Gasteiger partial charge < -0.3 is 4.74 Å². The fraction of sp³-hybridized carbons (Fsp3) is 0.400. The summed E-state index contributed by atoms with van der Waals surface area (Å²) in [5, 5.41) is 7.90. The summed E-state index contributed by atoms with van der Waals surface area (Å²) < 4.78 is 7.54. The molecule has 1 amide bonds. The molecular formula is C15H18N4O2. The van der Waals surface area contributed by atoms with Crippen molar-refractivity contribution in [3.05, 3.63) is 35.7 Å². The highest BCUT2D eigenvalue weighted by Crippen LogP contribution is 2.37. The first-order valence-corrected chi connectivity index (χ1v) is 6.85. The van der Waals surface area contributed by atoms with Gasteiger partial charge in [-0.2, -0.15) is 0 Å². The minimum absolute atomic E-state index is 0.149. The molecule has 0 radical (unpaired) electrons. The molecule has 0 fully saturated rings. The summed E-state index contributed by atoms with van der Waals surface area (Å²) in [6.45, 7) is 6.24. The summed E-state index contributed by atoms with van der Waals surface area (Å²) in [6.07, 6.45) is 0. The number of nitrogens with zero attached hydrogens (tertiary/aromatic N) is 4. The van der Waals surface area contributed by atoms with Crippen LogP contribution in [0.25, 0.3) is 0 Å². The van der Waals surface area contributed by atoms with E-state index in [4.69, 9.17) is 4.74 Å². The molecule has 3 rings (SSSR count). The van der Waals surface area contributed by atoms with Crippen molar-refractivity contribution < 1.29 is 9.53 Å². The molecule has 2 heterocycles. The fourth-order valence-corrected chi connectivity index (χ4v) is 2.47. The number of ether oxygens (including phenoxy) is 1. The first-order valence-electron chi connectivity index (χ1n) is 6.85. The molecule has 1 aromatic carbocycles. The second-order valence-electron chi connectivity index (χ2n) is 5.87. The van der Waals surface area contributed by atoms with Gasteiger partial charge in [-0.05, 0) is 32.9 Å². The van der Waals surface area contributed by atoms with Gasteiger partial charge in [0.1, 0.15) is 11.4 Å². The molecule has 0 N–H and O–H groups in total. The molecule has 0 atom stereocenters. The van der Waals surface area contributed by atoms with Crippen LogP contribution in [0.2, 0.25) is 0 Å². The summed E-state index contributed by atoms with van der Waals surface area (Å²) in [6, 6.07) is 7.55. The summed E-state index contributed by atoms with van der Waals surface area (Å²) in [4.78, 5) is 14.6. The van der Waals surface area contributed by atoms with Gasteiger partial charge in [-0.15, -0.1) is 5.10 Å². The van der Waals surface area contributed by atoms with Gasteiger partial charge in [0, 0.05) is 7.05 Å². The zero-order valence-electron chi connectivity index (χ0n) is 12.6. The highest BCUT2D eigenvalue weighted by atomic mass is 16.5. The number of rotatable bonds is 1. The number of amides is 1. The predicted molar refractivity (Wildman–Crippen MR) is 78.6 cm³/mol. The minimum Gasteiger partial charge on any atom is -0.484 e. The molecule has 2 aromatic rings. The summed E-state index contributed by atoms with van der Waals surface area (Å²) in [7, 11) is 1.77. The Labute approximate surface area is 123 Å². The zero-order valence-corrected chi connectivity index (χ0v) is 12.6. The second-order valence-corrected chi connectivity index (χ2v) is 5.87. The Hall–Kier alpha value is -2.37. The molecule has 0 saturated carbocycles. The highest BCUT2D eigenvalue weighted by molar-refractivity contribution is 6.06. The van der Waals surface area contributed by atoms with Crippen molar-refractivity contribution in [3.8, 4) is 5.75 Å². The van der Waals surface area contributed by atoms with Crippen molar-refractivity contribution >= 4 is 11.6 Å². The smallest absolute Gasteiger partial charge is 0.280 e. The van der Waals surface area contributed by atoms with E-state index < -0.39 is 5.60 Å². The van der Waals surface area contributed by atoms with Gasteiger partial charge in [0.15, 0.2) is 5.69 Å². The molecule has 1 aliphatic rings. The van der Waals surface area contributed by atoms with Crippen LogP contribution in [-0.4, -0.2) is 33.0 Å². The Balaban J connectivity index is 2.05. The Bertz CT molecular complexity index is 705. The van der Waals surface area contributed by atoms with Crippen LogP contribution in [0.3, 0.4) is 0 Å². The third kappa shape index (κ3) is 2.26. The van der Waals surface area contributed by atoms with Crippen LogP contribution in [0.4, 0.5) is 5.69 Å². The molecule has 0 aliphatic carbocycles. The lowest BCUT2D eigenvalue weighted by atomic mass is 10.0. The number of fused-ring (bicyclic) bond motifs is 1. The van der Waals surface area contributed by atoms with Gasteiger partial charge in [-0.25, -0.2) is 0 Å².